The van der Waals surface area contributed by atoms with E-state index in [1.807, 2.05) is 0 Å². The first-order chi connectivity index (χ1) is 5.96. The highest BCUT2D eigenvalue weighted by molar-refractivity contribution is 6.31. The zero-order valence-corrected chi connectivity index (χ0v) is 6.88. The number of carboxylic acids is 1. The predicted molar refractivity (Wildman–Crippen MR) is 46.0 cm³/mol. The lowest BCUT2D eigenvalue weighted by molar-refractivity contribution is -0.138. The molecule has 1 atom stereocenters. The molecule has 12 heavy (non-hydrogen) atoms. The molecule has 0 aliphatic rings. The van der Waals surface area contributed by atoms with Crippen molar-refractivity contribution in [1.29, 1.82) is 0 Å². The highest BCUT2D eigenvalue weighted by Crippen LogP contribution is 2.20. The van der Waals surface area contributed by atoms with Crippen LogP contribution in [0.4, 0.5) is 0 Å². The van der Waals surface area contributed by atoms with E-state index in [0.29, 0.717) is 0 Å². The molecule has 0 radical (unpaired) electrons. The predicted octanol–water partition coefficient (Wildman–Crippen LogP) is 1.42. The largest absolute Gasteiger partial charge is 0.480 e. The first kappa shape index (κ1) is 7.58. The summed E-state index contributed by atoms with van der Waals surface area (Å²) in [6.07, 6.45) is 0. The van der Waals surface area contributed by atoms with Crippen molar-refractivity contribution in [1.82, 2.24) is 0 Å². The first-order valence-electron chi connectivity index (χ1n) is 3.73. The fourth-order valence-electron chi connectivity index (χ4n) is 0.795. The van der Waals surface area contributed by atoms with Gasteiger partial charge in [-0.1, -0.05) is 29.8 Å². The van der Waals surface area contributed by atoms with E-state index in [1.54, 1.807) is 12.1 Å². The van der Waals surface area contributed by atoms with Crippen LogP contribution in [-0.4, -0.2) is 11.1 Å². The second kappa shape index (κ2) is 3.56. The van der Waals surface area contributed by atoms with Gasteiger partial charge in [-0.15, -0.1) is 0 Å². The maximum absolute atomic E-state index is 10.6. The summed E-state index contributed by atoms with van der Waals surface area (Å²) in [5.41, 5.74) is 5.35. The Balaban J connectivity index is 3.22. The van der Waals surface area contributed by atoms with Crippen LogP contribution >= 0.6 is 11.6 Å². The van der Waals surface area contributed by atoms with E-state index in [9.17, 15) is 4.79 Å². The summed E-state index contributed by atoms with van der Waals surface area (Å²) in [6.45, 7) is 0. The summed E-state index contributed by atoms with van der Waals surface area (Å²) >= 11 is 5.69. The van der Waals surface area contributed by atoms with Crippen molar-refractivity contribution in [2.75, 3.05) is 0 Å². The molecule has 0 bridgehead atoms. The van der Waals surface area contributed by atoms with Gasteiger partial charge in [-0.05, 0) is 11.6 Å². The van der Waals surface area contributed by atoms with Crippen molar-refractivity contribution >= 4 is 17.6 Å². The number of aliphatic carboxylic acids is 1. The molecule has 0 saturated heterocycles. The fourth-order valence-corrected chi connectivity index (χ4v) is 1.03. The molecule has 0 amide bonds. The Bertz CT molecular complexity index is 341. The monoisotopic (exact) mass is 186 g/mol. The van der Waals surface area contributed by atoms with Crippen molar-refractivity contribution < 1.29 is 11.3 Å². The molecule has 1 aromatic rings. The third-order valence-electron chi connectivity index (χ3n) is 1.39. The molecule has 0 saturated carbocycles. The average Bonchev–Trinajstić information content (AvgIpc) is 2.04. The maximum atomic E-state index is 10.6. The summed E-state index contributed by atoms with van der Waals surface area (Å²) in [7, 11) is 0. The lowest BCUT2D eigenvalue weighted by Gasteiger charge is -2.07. The highest BCUT2D eigenvalue weighted by Gasteiger charge is 2.16. The van der Waals surface area contributed by atoms with Crippen LogP contribution in [0.1, 0.15) is 13.0 Å². The first-order valence-corrected chi connectivity index (χ1v) is 3.61. The van der Waals surface area contributed by atoms with Gasteiger partial charge in [0, 0.05) is 5.02 Å². The number of hydrogen-bond donors (Lipinski definition) is 2. The zero-order valence-electron chi connectivity index (χ0n) is 7.12. The van der Waals surface area contributed by atoms with E-state index >= 15 is 0 Å². The molecule has 4 heteroatoms. The van der Waals surface area contributed by atoms with Crippen molar-refractivity contribution in [3.05, 3.63) is 34.9 Å². The normalized spacial score (nSPS) is 16.3. The summed E-state index contributed by atoms with van der Waals surface area (Å²) in [5, 5.41) is 8.83. The Morgan fingerprint density at radius 3 is 2.75 bits per heavy atom. The van der Waals surface area contributed by atoms with Gasteiger partial charge in [-0.2, -0.15) is 0 Å². The molecule has 64 valence electrons. The van der Waals surface area contributed by atoms with Gasteiger partial charge in [0.15, 0.2) is 0 Å². The number of benzene rings is 1. The second-order valence-corrected chi connectivity index (χ2v) is 2.61. The van der Waals surface area contributed by atoms with Crippen LogP contribution < -0.4 is 5.73 Å². The van der Waals surface area contributed by atoms with Crippen LogP contribution in [0.3, 0.4) is 0 Å². The summed E-state index contributed by atoms with van der Waals surface area (Å²) in [4.78, 5) is 10.6. The molecular weight excluding hydrogens is 178 g/mol. The standard InChI is InChI=1S/C8H8ClNO2/c9-6-4-2-1-3-5(6)7(10)8(11)12/h1-4,7H,10H2,(H,11,12)/i7D. The SMILES string of the molecule is [2H]C(N)(C(=O)O)c1ccccc1Cl. The molecule has 3 nitrogen and oxygen atoms in total. The van der Waals surface area contributed by atoms with Gasteiger partial charge in [-0.25, -0.2) is 0 Å². The summed E-state index contributed by atoms with van der Waals surface area (Å²) in [5.74, 6) is -1.43. The van der Waals surface area contributed by atoms with E-state index in [-0.39, 0.29) is 10.6 Å². The van der Waals surface area contributed by atoms with Crippen molar-refractivity contribution in [3.63, 3.8) is 0 Å². The van der Waals surface area contributed by atoms with Gasteiger partial charge in [0.2, 0.25) is 0 Å². The van der Waals surface area contributed by atoms with Crippen LogP contribution in [0.2, 0.25) is 5.02 Å². The number of rotatable bonds is 2. The van der Waals surface area contributed by atoms with Gasteiger partial charge >= 0.3 is 5.97 Å². The van der Waals surface area contributed by atoms with E-state index in [2.05, 4.69) is 0 Å². The van der Waals surface area contributed by atoms with Crippen molar-refractivity contribution in [2.45, 2.75) is 6.02 Å². The van der Waals surface area contributed by atoms with Crippen LogP contribution in [0.25, 0.3) is 0 Å². The molecule has 0 aliphatic heterocycles. The van der Waals surface area contributed by atoms with Gasteiger partial charge < -0.3 is 10.8 Å². The van der Waals surface area contributed by atoms with Crippen LogP contribution in [0, 0.1) is 0 Å². The maximum Gasteiger partial charge on any atom is 0.325 e. The Kier molecular flexibility index (Phi) is 2.25. The quantitative estimate of drug-likeness (QED) is 0.735. The number of nitrogens with two attached hydrogens (primary N) is 1. The van der Waals surface area contributed by atoms with Gasteiger partial charge in [0.1, 0.15) is 6.02 Å². The van der Waals surface area contributed by atoms with Gasteiger partial charge in [0.25, 0.3) is 0 Å². The highest BCUT2D eigenvalue weighted by atomic mass is 35.5. The zero-order chi connectivity index (χ0) is 10.1. The lowest BCUT2D eigenvalue weighted by Crippen LogP contribution is -2.20. The number of carboxylic acid groups (broad SMARTS) is 1. The topological polar surface area (TPSA) is 63.3 Å². The minimum atomic E-state index is -2.18. The summed E-state index contributed by atoms with van der Waals surface area (Å²) in [6, 6.07) is 3.96. The molecule has 0 aromatic heterocycles. The van der Waals surface area contributed by atoms with Crippen LogP contribution in [0.5, 0.6) is 0 Å². The minimum Gasteiger partial charge on any atom is -0.480 e. The van der Waals surface area contributed by atoms with E-state index in [0.717, 1.165) is 0 Å². The average molecular weight is 187 g/mol. The van der Waals surface area contributed by atoms with Crippen LogP contribution in [-0.2, 0) is 4.79 Å². The molecule has 1 unspecified atom stereocenters. The Hall–Kier alpha value is -1.06. The third-order valence-corrected chi connectivity index (χ3v) is 1.72. The minimum absolute atomic E-state index is 0.0872. The second-order valence-electron chi connectivity index (χ2n) is 2.20. The fraction of sp³-hybridized carbons (Fsp3) is 0.125. The number of hydrogen-bond acceptors (Lipinski definition) is 2. The Morgan fingerprint density at radius 1 is 1.67 bits per heavy atom. The molecule has 0 heterocycles. The summed E-state index contributed by atoms with van der Waals surface area (Å²) < 4.78 is 7.36. The Labute approximate surface area is 76.2 Å². The van der Waals surface area contributed by atoms with E-state index in [1.165, 1.54) is 12.1 Å². The smallest absolute Gasteiger partial charge is 0.325 e. The van der Waals surface area contributed by atoms with Gasteiger partial charge in [0.05, 0.1) is 1.37 Å². The molecule has 1 aromatic carbocycles. The van der Waals surface area contributed by atoms with E-state index < -0.39 is 12.0 Å². The van der Waals surface area contributed by atoms with Gasteiger partial charge in [-0.3, -0.25) is 4.79 Å². The number of halogens is 1. The lowest BCUT2D eigenvalue weighted by atomic mass is 10.1. The molecular formula is C8H8ClNO2. The van der Waals surface area contributed by atoms with Crippen molar-refractivity contribution in [3.8, 4) is 0 Å². The van der Waals surface area contributed by atoms with Crippen molar-refractivity contribution in [2.24, 2.45) is 5.73 Å². The molecule has 1 rings (SSSR count). The molecule has 3 N–H and O–H groups in total. The third kappa shape index (κ3) is 1.75. The molecule has 0 aliphatic carbocycles. The van der Waals surface area contributed by atoms with E-state index in [4.69, 9.17) is 23.8 Å². The number of carbonyl (C=O) groups is 1. The molecule has 0 fully saturated rings. The Morgan fingerprint density at radius 2 is 2.25 bits per heavy atom. The molecule has 0 spiro atoms. The van der Waals surface area contributed by atoms with Crippen LogP contribution in [0.15, 0.2) is 24.3 Å².